The van der Waals surface area contributed by atoms with Crippen LogP contribution in [0.1, 0.15) is 5.56 Å². The van der Waals surface area contributed by atoms with Crippen molar-refractivity contribution in [1.82, 2.24) is 0 Å². The molecule has 0 spiro atoms. The Labute approximate surface area is 108 Å². The van der Waals surface area contributed by atoms with Gasteiger partial charge >= 0.3 is 5.97 Å². The van der Waals surface area contributed by atoms with Crippen molar-refractivity contribution in [1.29, 1.82) is 5.26 Å². The highest BCUT2D eigenvalue weighted by Crippen LogP contribution is 2.18. The van der Waals surface area contributed by atoms with E-state index in [1.807, 2.05) is 4.72 Å². The summed E-state index contributed by atoms with van der Waals surface area (Å²) in [7, 11) is -3.91. The van der Waals surface area contributed by atoms with Crippen molar-refractivity contribution in [3.05, 3.63) is 35.7 Å². The fourth-order valence-corrected chi connectivity index (χ4v) is 1.92. The second kappa shape index (κ2) is 5.97. The molecule has 1 rings (SSSR count). The number of nitrogens with zero attached hydrogens (tertiary/aromatic N) is 1. The quantitative estimate of drug-likeness (QED) is 0.790. The third-order valence-corrected chi connectivity index (χ3v) is 2.97. The van der Waals surface area contributed by atoms with Crippen LogP contribution in [0.2, 0.25) is 0 Å². The van der Waals surface area contributed by atoms with Crippen LogP contribution in [-0.4, -0.2) is 25.2 Å². The molecule has 1 aromatic rings. The fraction of sp³-hybridized carbons (Fsp3) is 0.0909. The van der Waals surface area contributed by atoms with Crippen molar-refractivity contribution in [2.75, 3.05) is 10.5 Å². The van der Waals surface area contributed by atoms with Gasteiger partial charge in [-0.1, -0.05) is 6.07 Å². The molecule has 0 atom stereocenters. The zero-order valence-corrected chi connectivity index (χ0v) is 10.3. The largest absolute Gasteiger partial charge is 0.478 e. The Morgan fingerprint density at radius 3 is 2.74 bits per heavy atom. The Hall–Kier alpha value is -2.40. The van der Waals surface area contributed by atoms with Gasteiger partial charge in [0, 0.05) is 6.08 Å². The summed E-state index contributed by atoms with van der Waals surface area (Å²) >= 11 is 0. The Bertz CT molecular complexity index is 662. The number of nitrogens with one attached hydrogen (secondary N) is 1. The monoisotopic (exact) mass is 284 g/mol. The summed E-state index contributed by atoms with van der Waals surface area (Å²) in [5, 5.41) is 16.7. The van der Waals surface area contributed by atoms with E-state index in [9.17, 15) is 17.6 Å². The highest BCUT2D eigenvalue weighted by Gasteiger charge is 2.12. The molecule has 0 heterocycles. The standard InChI is InChI=1S/C11H9FN2O4S/c12-9-7-8(2-4-11(15)16)1-3-10(9)14-19(17,18)6-5-13/h1-4,7,14H,6H2,(H,15,16). The summed E-state index contributed by atoms with van der Waals surface area (Å²) in [6, 6.07) is 4.90. The number of carboxylic acids is 1. The minimum atomic E-state index is -3.91. The molecule has 6 nitrogen and oxygen atoms in total. The minimum absolute atomic E-state index is 0.267. The summed E-state index contributed by atoms with van der Waals surface area (Å²) in [4.78, 5) is 10.3. The highest BCUT2D eigenvalue weighted by molar-refractivity contribution is 7.92. The van der Waals surface area contributed by atoms with Crippen LogP contribution in [0, 0.1) is 17.1 Å². The smallest absolute Gasteiger partial charge is 0.328 e. The molecule has 0 saturated heterocycles. The van der Waals surface area contributed by atoms with E-state index < -0.39 is 27.6 Å². The SMILES string of the molecule is N#CCS(=O)(=O)Nc1ccc(C=CC(=O)O)cc1F. The van der Waals surface area contributed by atoms with Gasteiger partial charge in [0.1, 0.15) is 5.82 Å². The maximum atomic E-state index is 13.6. The molecule has 19 heavy (non-hydrogen) atoms. The summed E-state index contributed by atoms with van der Waals surface area (Å²) in [5.41, 5.74) is -0.0362. The van der Waals surface area contributed by atoms with Crippen molar-refractivity contribution in [2.24, 2.45) is 0 Å². The third-order valence-electron chi connectivity index (χ3n) is 1.93. The van der Waals surface area contributed by atoms with E-state index in [4.69, 9.17) is 10.4 Å². The van der Waals surface area contributed by atoms with Gasteiger partial charge < -0.3 is 5.11 Å². The normalized spacial score (nSPS) is 11.2. The summed E-state index contributed by atoms with van der Waals surface area (Å²) < 4.78 is 38.0. The lowest BCUT2D eigenvalue weighted by atomic mass is 10.2. The van der Waals surface area contributed by atoms with Crippen LogP contribution in [0.15, 0.2) is 24.3 Å². The second-order valence-electron chi connectivity index (χ2n) is 3.43. The van der Waals surface area contributed by atoms with E-state index in [1.54, 1.807) is 0 Å². The van der Waals surface area contributed by atoms with E-state index in [1.165, 1.54) is 18.2 Å². The molecule has 0 bridgehead atoms. The van der Waals surface area contributed by atoms with Gasteiger partial charge in [-0.15, -0.1) is 0 Å². The molecular formula is C11H9FN2O4S. The molecule has 1 aromatic carbocycles. The average molecular weight is 284 g/mol. The van der Waals surface area contributed by atoms with Gasteiger partial charge in [-0.25, -0.2) is 17.6 Å². The van der Waals surface area contributed by atoms with Crippen LogP contribution in [0.25, 0.3) is 6.08 Å². The molecule has 0 aliphatic rings. The molecule has 0 radical (unpaired) electrons. The number of carbonyl (C=O) groups is 1. The molecule has 2 N–H and O–H groups in total. The van der Waals surface area contributed by atoms with E-state index >= 15 is 0 Å². The first-order valence-electron chi connectivity index (χ1n) is 4.92. The zero-order valence-electron chi connectivity index (χ0n) is 9.50. The number of rotatable bonds is 5. The van der Waals surface area contributed by atoms with Crippen molar-refractivity contribution in [2.45, 2.75) is 0 Å². The molecule has 0 aliphatic heterocycles. The number of benzene rings is 1. The van der Waals surface area contributed by atoms with Crippen molar-refractivity contribution < 1.29 is 22.7 Å². The number of aliphatic carboxylic acids is 1. The second-order valence-corrected chi connectivity index (χ2v) is 5.15. The predicted molar refractivity (Wildman–Crippen MR) is 66.1 cm³/mol. The number of halogens is 1. The van der Waals surface area contributed by atoms with Gasteiger partial charge in [-0.2, -0.15) is 5.26 Å². The molecule has 100 valence electrons. The summed E-state index contributed by atoms with van der Waals surface area (Å²) in [5.74, 6) is -2.83. The van der Waals surface area contributed by atoms with E-state index in [2.05, 4.69) is 0 Å². The van der Waals surface area contributed by atoms with E-state index in [-0.39, 0.29) is 11.3 Å². The van der Waals surface area contributed by atoms with Gasteiger partial charge in [-0.05, 0) is 23.8 Å². The lowest BCUT2D eigenvalue weighted by Gasteiger charge is -2.06. The fourth-order valence-electron chi connectivity index (χ4n) is 1.17. The van der Waals surface area contributed by atoms with Gasteiger partial charge in [0.25, 0.3) is 0 Å². The summed E-state index contributed by atoms with van der Waals surface area (Å²) in [6.07, 6.45) is 1.99. The molecule has 0 saturated carbocycles. The van der Waals surface area contributed by atoms with Crippen molar-refractivity contribution in [3.8, 4) is 6.07 Å². The Morgan fingerprint density at radius 1 is 1.53 bits per heavy atom. The maximum Gasteiger partial charge on any atom is 0.328 e. The van der Waals surface area contributed by atoms with Crippen LogP contribution in [0.3, 0.4) is 0 Å². The average Bonchev–Trinajstić information content (AvgIpc) is 2.29. The molecule has 0 unspecified atom stereocenters. The number of hydrogen-bond donors (Lipinski definition) is 2. The first kappa shape index (κ1) is 14.7. The predicted octanol–water partition coefficient (Wildman–Crippen LogP) is 1.19. The topological polar surface area (TPSA) is 107 Å². The minimum Gasteiger partial charge on any atom is -0.478 e. The Balaban J connectivity index is 2.96. The number of sulfonamides is 1. The molecule has 8 heteroatoms. The van der Waals surface area contributed by atoms with Gasteiger partial charge in [0.2, 0.25) is 10.0 Å². The molecule has 0 fully saturated rings. The summed E-state index contributed by atoms with van der Waals surface area (Å²) in [6.45, 7) is 0. The van der Waals surface area contributed by atoms with Gasteiger partial charge in [0.05, 0.1) is 11.8 Å². The third kappa shape index (κ3) is 4.77. The molecule has 0 aromatic heterocycles. The number of nitriles is 1. The Morgan fingerprint density at radius 2 is 2.21 bits per heavy atom. The molecule has 0 aliphatic carbocycles. The van der Waals surface area contributed by atoms with Crippen LogP contribution < -0.4 is 4.72 Å². The number of anilines is 1. The van der Waals surface area contributed by atoms with Gasteiger partial charge in [0.15, 0.2) is 5.75 Å². The molecule has 0 amide bonds. The van der Waals surface area contributed by atoms with E-state index in [0.29, 0.717) is 0 Å². The highest BCUT2D eigenvalue weighted by atomic mass is 32.2. The lowest BCUT2D eigenvalue weighted by Crippen LogP contribution is -2.16. The first-order chi connectivity index (χ1) is 8.84. The number of carboxylic acid groups (broad SMARTS) is 1. The Kier molecular flexibility index (Phi) is 4.61. The van der Waals surface area contributed by atoms with Crippen LogP contribution in [0.4, 0.5) is 10.1 Å². The zero-order chi connectivity index (χ0) is 14.5. The molecular weight excluding hydrogens is 275 g/mol. The van der Waals surface area contributed by atoms with Crippen LogP contribution in [0.5, 0.6) is 0 Å². The first-order valence-corrected chi connectivity index (χ1v) is 6.57. The maximum absolute atomic E-state index is 13.6. The van der Waals surface area contributed by atoms with E-state index in [0.717, 1.165) is 18.2 Å². The van der Waals surface area contributed by atoms with Crippen LogP contribution >= 0.6 is 0 Å². The number of hydrogen-bond acceptors (Lipinski definition) is 4. The van der Waals surface area contributed by atoms with Crippen molar-refractivity contribution in [3.63, 3.8) is 0 Å². The lowest BCUT2D eigenvalue weighted by molar-refractivity contribution is -0.131. The van der Waals surface area contributed by atoms with Gasteiger partial charge in [-0.3, -0.25) is 4.72 Å². The van der Waals surface area contributed by atoms with Crippen LogP contribution in [-0.2, 0) is 14.8 Å². The van der Waals surface area contributed by atoms with Crippen molar-refractivity contribution >= 4 is 27.8 Å².